The molecule has 144 valence electrons. The number of ketones is 2. The molecule has 0 saturated carbocycles. The number of fused-ring (bicyclic) bond motifs is 2. The standard InChI is InChI=1S/C19H15NO7S/c21-8-2-1-7-20-19(24)11-3-5-13-15(9-11)18(23)16-10-12(28(25,26)27)4-6-14(16)17(13)22/h3-6,8-10H,1-2,7H2,(H,20,24)(H,25,26,27). The van der Waals surface area contributed by atoms with Gasteiger partial charge in [0, 0.05) is 40.8 Å². The Labute approximate surface area is 160 Å². The molecular weight excluding hydrogens is 386 g/mol. The molecule has 9 heteroatoms. The van der Waals surface area contributed by atoms with Gasteiger partial charge in [0.05, 0.1) is 4.90 Å². The van der Waals surface area contributed by atoms with Crippen LogP contribution in [0, 0.1) is 0 Å². The Balaban J connectivity index is 1.96. The molecule has 1 aliphatic carbocycles. The van der Waals surface area contributed by atoms with Gasteiger partial charge in [-0.3, -0.25) is 18.9 Å². The highest BCUT2D eigenvalue weighted by atomic mass is 32.2. The Morgan fingerprint density at radius 1 is 0.964 bits per heavy atom. The molecule has 0 bridgehead atoms. The van der Waals surface area contributed by atoms with Crippen molar-refractivity contribution in [2.45, 2.75) is 17.7 Å². The van der Waals surface area contributed by atoms with Crippen molar-refractivity contribution in [3.8, 4) is 0 Å². The SMILES string of the molecule is O=CCCCNC(=O)c1ccc2c(c1)C(=O)c1cc(S(=O)(=O)O)ccc1C2=O. The summed E-state index contributed by atoms with van der Waals surface area (Å²) in [7, 11) is -4.54. The predicted octanol–water partition coefficient (Wildman–Crippen LogP) is 1.42. The van der Waals surface area contributed by atoms with Gasteiger partial charge >= 0.3 is 0 Å². The number of unbranched alkanes of at least 4 members (excludes halogenated alkanes) is 1. The second kappa shape index (κ2) is 7.45. The molecule has 0 spiro atoms. The fraction of sp³-hybridized carbons (Fsp3) is 0.158. The van der Waals surface area contributed by atoms with E-state index in [9.17, 15) is 32.1 Å². The molecule has 0 aliphatic heterocycles. The second-order valence-corrected chi connectivity index (χ2v) is 7.59. The average molecular weight is 401 g/mol. The van der Waals surface area contributed by atoms with E-state index in [2.05, 4.69) is 5.32 Å². The average Bonchev–Trinajstić information content (AvgIpc) is 2.67. The summed E-state index contributed by atoms with van der Waals surface area (Å²) in [6.45, 7) is 0.280. The molecule has 2 aromatic carbocycles. The van der Waals surface area contributed by atoms with Gasteiger partial charge in [-0.25, -0.2) is 0 Å². The van der Waals surface area contributed by atoms with Crippen molar-refractivity contribution in [3.63, 3.8) is 0 Å². The van der Waals surface area contributed by atoms with E-state index in [0.717, 1.165) is 18.4 Å². The molecule has 28 heavy (non-hydrogen) atoms. The topological polar surface area (TPSA) is 135 Å². The summed E-state index contributed by atoms with van der Waals surface area (Å²) < 4.78 is 31.8. The van der Waals surface area contributed by atoms with E-state index in [4.69, 9.17) is 0 Å². The van der Waals surface area contributed by atoms with Crippen LogP contribution < -0.4 is 5.32 Å². The monoisotopic (exact) mass is 401 g/mol. The number of hydrogen-bond donors (Lipinski definition) is 2. The van der Waals surface area contributed by atoms with Crippen LogP contribution in [0.25, 0.3) is 0 Å². The van der Waals surface area contributed by atoms with Gasteiger partial charge in [-0.15, -0.1) is 0 Å². The van der Waals surface area contributed by atoms with Gasteiger partial charge in [-0.05, 0) is 42.8 Å². The van der Waals surface area contributed by atoms with Crippen molar-refractivity contribution in [2.75, 3.05) is 6.54 Å². The lowest BCUT2D eigenvalue weighted by Gasteiger charge is -2.18. The van der Waals surface area contributed by atoms with Gasteiger partial charge in [0.15, 0.2) is 11.6 Å². The largest absolute Gasteiger partial charge is 0.352 e. The summed E-state index contributed by atoms with van der Waals surface area (Å²) >= 11 is 0. The predicted molar refractivity (Wildman–Crippen MR) is 97.2 cm³/mol. The molecule has 8 nitrogen and oxygen atoms in total. The van der Waals surface area contributed by atoms with Crippen LogP contribution in [0.5, 0.6) is 0 Å². The summed E-state index contributed by atoms with van der Waals surface area (Å²) in [5, 5.41) is 2.61. The fourth-order valence-electron chi connectivity index (χ4n) is 2.92. The Morgan fingerprint density at radius 3 is 2.21 bits per heavy atom. The van der Waals surface area contributed by atoms with Crippen LogP contribution in [0.4, 0.5) is 0 Å². The lowest BCUT2D eigenvalue weighted by Crippen LogP contribution is -2.26. The molecule has 1 aliphatic rings. The summed E-state index contributed by atoms with van der Waals surface area (Å²) in [6.07, 6.45) is 1.53. The highest BCUT2D eigenvalue weighted by molar-refractivity contribution is 7.85. The molecule has 2 N–H and O–H groups in total. The minimum atomic E-state index is -4.54. The van der Waals surface area contributed by atoms with Crippen LogP contribution in [0.15, 0.2) is 41.3 Å². The Morgan fingerprint density at radius 2 is 1.57 bits per heavy atom. The molecule has 3 rings (SSSR count). The molecule has 0 radical (unpaired) electrons. The smallest absolute Gasteiger partial charge is 0.294 e. The number of hydrogen-bond acceptors (Lipinski definition) is 6. The maximum absolute atomic E-state index is 12.8. The fourth-order valence-corrected chi connectivity index (χ4v) is 3.43. The van der Waals surface area contributed by atoms with Crippen molar-refractivity contribution in [3.05, 3.63) is 64.2 Å². The van der Waals surface area contributed by atoms with Crippen LogP contribution in [0.3, 0.4) is 0 Å². The highest BCUT2D eigenvalue weighted by Crippen LogP contribution is 2.29. The zero-order chi connectivity index (χ0) is 20.5. The first-order chi connectivity index (χ1) is 13.2. The number of rotatable bonds is 6. The molecule has 0 aromatic heterocycles. The lowest BCUT2D eigenvalue weighted by molar-refractivity contribution is -0.107. The molecule has 0 saturated heterocycles. The van der Waals surface area contributed by atoms with E-state index in [0.29, 0.717) is 12.8 Å². The van der Waals surface area contributed by atoms with Crippen molar-refractivity contribution in [2.24, 2.45) is 0 Å². The molecule has 1 amide bonds. The third-order valence-electron chi connectivity index (χ3n) is 4.33. The van der Waals surface area contributed by atoms with Crippen LogP contribution in [0.1, 0.15) is 55.0 Å². The summed E-state index contributed by atoms with van der Waals surface area (Å²) in [5.41, 5.74) is 0.104. The number of aldehydes is 1. The van der Waals surface area contributed by atoms with E-state index in [1.807, 2.05) is 0 Å². The molecule has 2 aromatic rings. The Kier molecular flexibility index (Phi) is 5.21. The van der Waals surface area contributed by atoms with Crippen molar-refractivity contribution in [1.82, 2.24) is 5.32 Å². The number of benzene rings is 2. The van der Waals surface area contributed by atoms with E-state index in [1.165, 1.54) is 24.3 Å². The molecule has 0 unspecified atom stereocenters. The molecule has 0 heterocycles. The van der Waals surface area contributed by atoms with Crippen LogP contribution in [0.2, 0.25) is 0 Å². The quantitative estimate of drug-likeness (QED) is 0.362. The number of carbonyl (C=O) groups excluding carboxylic acids is 4. The minimum Gasteiger partial charge on any atom is -0.352 e. The summed E-state index contributed by atoms with van der Waals surface area (Å²) in [6, 6.07) is 7.22. The zero-order valence-corrected chi connectivity index (χ0v) is 15.3. The van der Waals surface area contributed by atoms with Gasteiger partial charge < -0.3 is 10.1 Å². The maximum atomic E-state index is 12.8. The van der Waals surface area contributed by atoms with Crippen LogP contribution in [-0.2, 0) is 14.9 Å². The maximum Gasteiger partial charge on any atom is 0.294 e. The third kappa shape index (κ3) is 3.62. The second-order valence-electron chi connectivity index (χ2n) is 6.17. The number of carbonyl (C=O) groups is 4. The van der Waals surface area contributed by atoms with E-state index in [-0.39, 0.29) is 34.4 Å². The molecule has 0 fully saturated rings. The Hall–Kier alpha value is -3.17. The molecular formula is C19H15NO7S. The first-order valence-corrected chi connectivity index (χ1v) is 9.75. The third-order valence-corrected chi connectivity index (χ3v) is 5.18. The van der Waals surface area contributed by atoms with Crippen LogP contribution >= 0.6 is 0 Å². The summed E-state index contributed by atoms with van der Waals surface area (Å²) in [4.78, 5) is 47.5. The summed E-state index contributed by atoms with van der Waals surface area (Å²) in [5.74, 6) is -1.57. The van der Waals surface area contributed by atoms with Crippen molar-refractivity contribution in [1.29, 1.82) is 0 Å². The first-order valence-electron chi connectivity index (χ1n) is 8.31. The van der Waals surface area contributed by atoms with E-state index < -0.39 is 32.5 Å². The zero-order valence-electron chi connectivity index (χ0n) is 14.5. The van der Waals surface area contributed by atoms with Crippen molar-refractivity contribution >= 4 is 33.9 Å². The van der Waals surface area contributed by atoms with Gasteiger partial charge in [0.25, 0.3) is 16.0 Å². The van der Waals surface area contributed by atoms with E-state index >= 15 is 0 Å². The Bertz CT molecular complexity index is 1120. The first kappa shape index (κ1) is 19.6. The number of amides is 1. The van der Waals surface area contributed by atoms with Crippen molar-refractivity contribution < 1.29 is 32.1 Å². The van der Waals surface area contributed by atoms with Gasteiger partial charge in [-0.2, -0.15) is 8.42 Å². The highest BCUT2D eigenvalue weighted by Gasteiger charge is 2.31. The normalized spacial score (nSPS) is 12.9. The van der Waals surface area contributed by atoms with Gasteiger partial charge in [0.1, 0.15) is 6.29 Å². The van der Waals surface area contributed by atoms with Crippen LogP contribution in [-0.4, -0.2) is 43.3 Å². The lowest BCUT2D eigenvalue weighted by atomic mass is 9.83. The number of nitrogens with one attached hydrogen (secondary N) is 1. The van der Waals surface area contributed by atoms with E-state index in [1.54, 1.807) is 0 Å². The minimum absolute atomic E-state index is 0.0227. The van der Waals surface area contributed by atoms with Gasteiger partial charge in [-0.1, -0.05) is 0 Å². The molecule has 0 atom stereocenters. The van der Waals surface area contributed by atoms with Gasteiger partial charge in [0.2, 0.25) is 0 Å².